The van der Waals surface area contributed by atoms with E-state index >= 15 is 0 Å². The van der Waals surface area contributed by atoms with E-state index in [-0.39, 0.29) is 18.4 Å². The van der Waals surface area contributed by atoms with E-state index in [1.165, 1.54) is 38.4 Å². The molecule has 4 heterocycles. The third-order valence-electron chi connectivity index (χ3n) is 6.62. The lowest BCUT2D eigenvalue weighted by molar-refractivity contribution is -0.122. The van der Waals surface area contributed by atoms with Crippen LogP contribution in [0.2, 0.25) is 0 Å². The number of rotatable bonds is 9. The maximum atomic E-state index is 12.8. The molecule has 1 fully saturated rings. The molecule has 2 aromatic carbocycles. The van der Waals surface area contributed by atoms with Gasteiger partial charge < -0.3 is 9.15 Å². The lowest BCUT2D eigenvalue weighted by atomic mass is 10.1. The average molecular weight is 603 g/mol. The van der Waals surface area contributed by atoms with Crippen molar-refractivity contribution in [2.75, 3.05) is 18.5 Å². The lowest BCUT2D eigenvalue weighted by Crippen LogP contribution is -2.29. The third-order valence-corrected chi connectivity index (χ3v) is 9.00. The Morgan fingerprint density at radius 2 is 1.93 bits per heavy atom. The van der Waals surface area contributed by atoms with E-state index in [2.05, 4.69) is 39.5 Å². The SMILES string of the molecule is O=C(COc1ccc(/C=C2\SC(=S)N(Cc3ccco3)C2=O)cc1)Nc1nc2c(s1)CN(Cc1ccccc1)CC2. The molecule has 2 aliphatic heterocycles. The molecule has 4 aromatic rings. The summed E-state index contributed by atoms with van der Waals surface area (Å²) in [5.74, 6) is 0.813. The molecule has 0 unspecified atom stereocenters. The zero-order valence-corrected chi connectivity index (χ0v) is 24.4. The van der Waals surface area contributed by atoms with Crippen molar-refractivity contribution in [3.05, 3.63) is 105 Å². The minimum atomic E-state index is -0.262. The van der Waals surface area contributed by atoms with Crippen molar-refractivity contribution >= 4 is 62.7 Å². The summed E-state index contributed by atoms with van der Waals surface area (Å²) >= 11 is 8.17. The molecule has 6 rings (SSSR count). The van der Waals surface area contributed by atoms with E-state index in [0.29, 0.717) is 32.4 Å². The summed E-state index contributed by atoms with van der Waals surface area (Å²) in [5.41, 5.74) is 3.18. The van der Waals surface area contributed by atoms with Gasteiger partial charge in [0.25, 0.3) is 11.8 Å². The van der Waals surface area contributed by atoms with Crippen LogP contribution in [-0.4, -0.2) is 44.1 Å². The predicted molar refractivity (Wildman–Crippen MR) is 164 cm³/mol. The number of anilines is 1. The monoisotopic (exact) mass is 602 g/mol. The van der Waals surface area contributed by atoms with Gasteiger partial charge in [0, 0.05) is 30.9 Å². The fourth-order valence-electron chi connectivity index (χ4n) is 4.59. The van der Waals surface area contributed by atoms with Gasteiger partial charge in [0.1, 0.15) is 15.8 Å². The van der Waals surface area contributed by atoms with Crippen LogP contribution in [0.1, 0.15) is 27.5 Å². The summed E-state index contributed by atoms with van der Waals surface area (Å²) in [6.45, 7) is 2.85. The number of thiazole rings is 1. The Kier molecular flexibility index (Phi) is 8.28. The lowest BCUT2D eigenvalue weighted by Gasteiger charge is -2.25. The maximum absolute atomic E-state index is 12.8. The first-order valence-corrected chi connectivity index (χ1v) is 15.1. The number of ether oxygens (including phenoxy) is 1. The molecule has 2 aliphatic rings. The number of hydrogen-bond donors (Lipinski definition) is 1. The highest BCUT2D eigenvalue weighted by molar-refractivity contribution is 8.26. The minimum absolute atomic E-state index is 0.130. The molecule has 11 heteroatoms. The number of aromatic nitrogens is 1. The standard InChI is InChI=1S/C30H26N4O4S3/c35-27(32-29-31-24-12-13-33(18-26(24)40-29)16-21-5-2-1-3-6-21)19-38-22-10-8-20(9-11-22)15-25-28(36)34(30(39)41-25)17-23-7-4-14-37-23/h1-11,14-15H,12-13,16-19H2,(H,31,32,35)/b25-15-. The minimum Gasteiger partial charge on any atom is -0.484 e. The van der Waals surface area contributed by atoms with Gasteiger partial charge in [-0.1, -0.05) is 66.4 Å². The fourth-order valence-corrected chi connectivity index (χ4v) is 6.91. The molecule has 41 heavy (non-hydrogen) atoms. The maximum Gasteiger partial charge on any atom is 0.266 e. The van der Waals surface area contributed by atoms with Crippen molar-refractivity contribution in [3.8, 4) is 5.75 Å². The van der Waals surface area contributed by atoms with Gasteiger partial charge in [0.05, 0.1) is 23.4 Å². The number of fused-ring (bicyclic) bond motifs is 1. The second-order valence-electron chi connectivity index (χ2n) is 9.59. The number of thiocarbonyl (C=S) groups is 1. The summed E-state index contributed by atoms with van der Waals surface area (Å²) in [6.07, 6.45) is 4.23. The smallest absolute Gasteiger partial charge is 0.266 e. The number of nitrogens with zero attached hydrogens (tertiary/aromatic N) is 3. The molecule has 0 radical (unpaired) electrons. The number of thioether (sulfide) groups is 1. The Bertz CT molecular complexity index is 1580. The average Bonchev–Trinajstić information content (AvgIpc) is 3.70. The summed E-state index contributed by atoms with van der Waals surface area (Å²) in [7, 11) is 0. The quantitative estimate of drug-likeness (QED) is 0.193. The van der Waals surface area contributed by atoms with Crippen LogP contribution >= 0.6 is 35.3 Å². The molecular weight excluding hydrogens is 577 g/mol. The van der Waals surface area contributed by atoms with E-state index < -0.39 is 0 Å². The first-order chi connectivity index (χ1) is 20.0. The zero-order chi connectivity index (χ0) is 28.2. The molecule has 0 bridgehead atoms. The number of benzene rings is 2. The van der Waals surface area contributed by atoms with Crippen LogP contribution in [0.15, 0.2) is 82.3 Å². The van der Waals surface area contributed by atoms with Crippen LogP contribution in [0.4, 0.5) is 5.13 Å². The summed E-state index contributed by atoms with van der Waals surface area (Å²) < 4.78 is 11.5. The first kappa shape index (κ1) is 27.4. The zero-order valence-electron chi connectivity index (χ0n) is 21.9. The molecule has 0 atom stereocenters. The Morgan fingerprint density at radius 3 is 2.71 bits per heavy atom. The van der Waals surface area contributed by atoms with Crippen LogP contribution in [0.3, 0.4) is 0 Å². The third kappa shape index (κ3) is 6.76. The highest BCUT2D eigenvalue weighted by Crippen LogP contribution is 2.34. The molecule has 208 valence electrons. The number of furan rings is 1. The van der Waals surface area contributed by atoms with Gasteiger partial charge in [-0.2, -0.15) is 0 Å². The highest BCUT2D eigenvalue weighted by atomic mass is 32.2. The van der Waals surface area contributed by atoms with Crippen molar-refractivity contribution < 1.29 is 18.7 Å². The summed E-state index contributed by atoms with van der Waals surface area (Å²) in [4.78, 5) is 35.7. The predicted octanol–water partition coefficient (Wildman–Crippen LogP) is 5.71. The van der Waals surface area contributed by atoms with Crippen molar-refractivity contribution in [2.24, 2.45) is 0 Å². The molecule has 1 saturated heterocycles. The molecule has 0 spiro atoms. The Hall–Kier alpha value is -3.77. The van der Waals surface area contributed by atoms with Crippen LogP contribution in [0, 0.1) is 0 Å². The number of amides is 2. The Labute approximate surface area is 251 Å². The topological polar surface area (TPSA) is 87.9 Å². The van der Waals surface area contributed by atoms with Gasteiger partial charge in [-0.05, 0) is 41.5 Å². The van der Waals surface area contributed by atoms with Crippen molar-refractivity contribution in [1.82, 2.24) is 14.8 Å². The number of carbonyl (C=O) groups excluding carboxylic acids is 2. The van der Waals surface area contributed by atoms with E-state index in [1.54, 1.807) is 30.5 Å². The van der Waals surface area contributed by atoms with Gasteiger partial charge in [-0.15, -0.1) is 11.3 Å². The number of carbonyl (C=O) groups is 2. The van der Waals surface area contributed by atoms with Crippen LogP contribution in [0.25, 0.3) is 6.08 Å². The second kappa shape index (κ2) is 12.4. The largest absolute Gasteiger partial charge is 0.484 e. The van der Waals surface area contributed by atoms with Gasteiger partial charge in [-0.25, -0.2) is 4.98 Å². The number of nitrogens with one attached hydrogen (secondary N) is 1. The van der Waals surface area contributed by atoms with Gasteiger partial charge in [-0.3, -0.25) is 24.7 Å². The summed E-state index contributed by atoms with van der Waals surface area (Å²) in [5, 5.41) is 3.48. The fraction of sp³-hybridized carbons (Fsp3) is 0.200. The van der Waals surface area contributed by atoms with Gasteiger partial charge in [0.15, 0.2) is 11.7 Å². The number of hydrogen-bond acceptors (Lipinski definition) is 9. The van der Waals surface area contributed by atoms with Crippen molar-refractivity contribution in [3.63, 3.8) is 0 Å². The first-order valence-electron chi connectivity index (χ1n) is 13.1. The Morgan fingerprint density at radius 1 is 1.10 bits per heavy atom. The normalized spacial score (nSPS) is 16.3. The molecule has 2 aromatic heterocycles. The summed E-state index contributed by atoms with van der Waals surface area (Å²) in [6, 6.07) is 21.2. The van der Waals surface area contributed by atoms with E-state index in [9.17, 15) is 9.59 Å². The van der Waals surface area contributed by atoms with E-state index in [0.717, 1.165) is 37.3 Å². The van der Waals surface area contributed by atoms with Crippen LogP contribution in [-0.2, 0) is 35.6 Å². The van der Waals surface area contributed by atoms with E-state index in [1.807, 2.05) is 24.3 Å². The van der Waals surface area contributed by atoms with Crippen LogP contribution < -0.4 is 10.1 Å². The molecule has 0 aliphatic carbocycles. The molecule has 0 saturated carbocycles. The van der Waals surface area contributed by atoms with Crippen molar-refractivity contribution in [2.45, 2.75) is 26.1 Å². The highest BCUT2D eigenvalue weighted by Gasteiger charge is 2.32. The van der Waals surface area contributed by atoms with Crippen molar-refractivity contribution in [1.29, 1.82) is 0 Å². The second-order valence-corrected chi connectivity index (χ2v) is 12.3. The molecule has 2 amide bonds. The van der Waals surface area contributed by atoms with E-state index in [4.69, 9.17) is 21.4 Å². The van der Waals surface area contributed by atoms with Crippen LogP contribution in [0.5, 0.6) is 5.75 Å². The molecular formula is C30H26N4O4S3. The molecule has 1 N–H and O–H groups in total. The Balaban J connectivity index is 0.991. The van der Waals surface area contributed by atoms with Gasteiger partial charge >= 0.3 is 0 Å². The molecule has 8 nitrogen and oxygen atoms in total. The van der Waals surface area contributed by atoms with Gasteiger partial charge in [0.2, 0.25) is 0 Å².